The third-order valence-corrected chi connectivity index (χ3v) is 4.26. The van der Waals surface area contributed by atoms with Gasteiger partial charge in [0, 0.05) is 32.0 Å². The van der Waals surface area contributed by atoms with Gasteiger partial charge in [-0.15, -0.1) is 0 Å². The van der Waals surface area contributed by atoms with E-state index in [1.54, 1.807) is 11.8 Å². The summed E-state index contributed by atoms with van der Waals surface area (Å²) in [6.07, 6.45) is 1.97. The molecule has 0 aliphatic carbocycles. The maximum absolute atomic E-state index is 11.3. The van der Waals surface area contributed by atoms with E-state index in [9.17, 15) is 14.4 Å². The first-order chi connectivity index (χ1) is 13.3. The predicted octanol–water partition coefficient (Wildman–Crippen LogP) is 3.70. The van der Waals surface area contributed by atoms with Crippen molar-refractivity contribution in [2.75, 3.05) is 13.1 Å². The van der Waals surface area contributed by atoms with Gasteiger partial charge in [-0.3, -0.25) is 14.4 Å². The van der Waals surface area contributed by atoms with Crippen molar-refractivity contribution < 1.29 is 19.5 Å². The number of hydrogen-bond acceptors (Lipinski definition) is 3. The summed E-state index contributed by atoms with van der Waals surface area (Å²) >= 11 is 0. The Kier molecular flexibility index (Phi) is 13.4. The van der Waals surface area contributed by atoms with E-state index in [2.05, 4.69) is 5.32 Å². The fourth-order valence-electron chi connectivity index (χ4n) is 2.62. The minimum atomic E-state index is -0.784. The molecule has 2 N–H and O–H groups in total. The molecule has 0 radical (unpaired) electrons. The number of piperidine rings is 1. The van der Waals surface area contributed by atoms with E-state index in [0.29, 0.717) is 25.9 Å². The molecule has 1 atom stereocenters. The SMILES string of the molecule is CC.CC(C)C(=O)NCc1ccccc1.CCC(=O)N1CCCC(C(=O)O)C1. The van der Waals surface area contributed by atoms with E-state index < -0.39 is 5.97 Å². The van der Waals surface area contributed by atoms with Gasteiger partial charge in [0.25, 0.3) is 0 Å². The summed E-state index contributed by atoms with van der Waals surface area (Å²) in [7, 11) is 0. The monoisotopic (exact) mass is 392 g/mol. The summed E-state index contributed by atoms with van der Waals surface area (Å²) in [6.45, 7) is 11.3. The van der Waals surface area contributed by atoms with Crippen LogP contribution in [0.25, 0.3) is 0 Å². The van der Waals surface area contributed by atoms with Crippen molar-refractivity contribution in [1.82, 2.24) is 10.2 Å². The Labute approximate surface area is 169 Å². The Hall–Kier alpha value is -2.37. The molecule has 1 aliphatic rings. The molecule has 2 amide bonds. The smallest absolute Gasteiger partial charge is 0.308 e. The fourth-order valence-corrected chi connectivity index (χ4v) is 2.62. The van der Waals surface area contributed by atoms with Gasteiger partial charge in [0.05, 0.1) is 5.92 Å². The summed E-state index contributed by atoms with van der Waals surface area (Å²) < 4.78 is 0. The molecule has 1 saturated heterocycles. The first-order valence-corrected chi connectivity index (χ1v) is 10.2. The molecular weight excluding hydrogens is 356 g/mol. The van der Waals surface area contributed by atoms with Crippen molar-refractivity contribution >= 4 is 17.8 Å². The molecule has 1 fully saturated rings. The van der Waals surface area contributed by atoms with Gasteiger partial charge in [-0.1, -0.05) is 65.0 Å². The van der Waals surface area contributed by atoms with Crippen LogP contribution in [0.15, 0.2) is 30.3 Å². The van der Waals surface area contributed by atoms with Crippen molar-refractivity contribution in [3.05, 3.63) is 35.9 Å². The van der Waals surface area contributed by atoms with Crippen molar-refractivity contribution in [2.24, 2.45) is 11.8 Å². The van der Waals surface area contributed by atoms with Crippen LogP contribution in [-0.4, -0.2) is 40.9 Å². The number of nitrogens with one attached hydrogen (secondary N) is 1. The van der Waals surface area contributed by atoms with Crippen LogP contribution < -0.4 is 5.32 Å². The molecule has 1 aliphatic heterocycles. The number of carboxylic acid groups (broad SMARTS) is 1. The Morgan fingerprint density at radius 1 is 1.18 bits per heavy atom. The largest absolute Gasteiger partial charge is 0.481 e. The number of aliphatic carboxylic acids is 1. The van der Waals surface area contributed by atoms with E-state index in [0.717, 1.165) is 18.5 Å². The topological polar surface area (TPSA) is 86.7 Å². The highest BCUT2D eigenvalue weighted by molar-refractivity contribution is 5.78. The number of carboxylic acids is 1. The zero-order valence-electron chi connectivity index (χ0n) is 17.9. The van der Waals surface area contributed by atoms with E-state index >= 15 is 0 Å². The van der Waals surface area contributed by atoms with Gasteiger partial charge in [-0.05, 0) is 18.4 Å². The Balaban J connectivity index is 0.000000478. The second-order valence-electron chi connectivity index (χ2n) is 6.73. The molecule has 1 unspecified atom stereocenters. The van der Waals surface area contributed by atoms with Gasteiger partial charge < -0.3 is 15.3 Å². The normalized spacial score (nSPS) is 15.5. The van der Waals surface area contributed by atoms with Gasteiger partial charge in [0.15, 0.2) is 0 Å². The lowest BCUT2D eigenvalue weighted by molar-refractivity contribution is -0.145. The molecule has 2 rings (SSSR count). The van der Waals surface area contributed by atoms with Crippen molar-refractivity contribution in [2.45, 2.75) is 60.4 Å². The van der Waals surface area contributed by atoms with Gasteiger partial charge >= 0.3 is 5.97 Å². The zero-order chi connectivity index (χ0) is 21.5. The summed E-state index contributed by atoms with van der Waals surface area (Å²) in [6, 6.07) is 9.91. The highest BCUT2D eigenvalue weighted by Gasteiger charge is 2.27. The van der Waals surface area contributed by atoms with Crippen molar-refractivity contribution in [1.29, 1.82) is 0 Å². The molecular formula is C22H36N2O4. The molecule has 1 heterocycles. The minimum absolute atomic E-state index is 0.0590. The number of nitrogens with zero attached hydrogens (tertiary/aromatic N) is 1. The molecule has 0 aromatic heterocycles. The molecule has 0 saturated carbocycles. The summed E-state index contributed by atoms with van der Waals surface area (Å²) in [5, 5.41) is 11.6. The maximum Gasteiger partial charge on any atom is 0.308 e. The van der Waals surface area contributed by atoms with Crippen LogP contribution >= 0.6 is 0 Å². The molecule has 6 nitrogen and oxygen atoms in total. The molecule has 0 spiro atoms. The highest BCUT2D eigenvalue weighted by Crippen LogP contribution is 2.17. The number of carbonyl (C=O) groups excluding carboxylic acids is 2. The predicted molar refractivity (Wildman–Crippen MR) is 112 cm³/mol. The van der Waals surface area contributed by atoms with Gasteiger partial charge in [-0.2, -0.15) is 0 Å². The third kappa shape index (κ3) is 10.1. The van der Waals surface area contributed by atoms with Crippen LogP contribution in [0.4, 0.5) is 0 Å². The number of carbonyl (C=O) groups is 3. The Bertz CT molecular complexity index is 587. The molecule has 1 aromatic rings. The second-order valence-corrected chi connectivity index (χ2v) is 6.73. The number of likely N-dealkylation sites (tertiary alicyclic amines) is 1. The molecule has 6 heteroatoms. The van der Waals surface area contributed by atoms with Gasteiger partial charge in [0.2, 0.25) is 11.8 Å². The Morgan fingerprint density at radius 3 is 2.29 bits per heavy atom. The lowest BCUT2D eigenvalue weighted by atomic mass is 9.98. The highest BCUT2D eigenvalue weighted by atomic mass is 16.4. The van der Waals surface area contributed by atoms with Crippen LogP contribution in [0.2, 0.25) is 0 Å². The average Bonchev–Trinajstić information content (AvgIpc) is 2.74. The van der Waals surface area contributed by atoms with E-state index in [4.69, 9.17) is 5.11 Å². The molecule has 0 bridgehead atoms. The number of rotatable bonds is 5. The van der Waals surface area contributed by atoms with Crippen LogP contribution in [-0.2, 0) is 20.9 Å². The fraction of sp³-hybridized carbons (Fsp3) is 0.591. The Morgan fingerprint density at radius 2 is 1.79 bits per heavy atom. The lowest BCUT2D eigenvalue weighted by Gasteiger charge is -2.30. The van der Waals surface area contributed by atoms with E-state index in [-0.39, 0.29) is 23.7 Å². The maximum atomic E-state index is 11.3. The van der Waals surface area contributed by atoms with Crippen molar-refractivity contribution in [3.8, 4) is 0 Å². The average molecular weight is 393 g/mol. The van der Waals surface area contributed by atoms with E-state index in [1.165, 1.54) is 0 Å². The van der Waals surface area contributed by atoms with Gasteiger partial charge in [-0.25, -0.2) is 0 Å². The van der Waals surface area contributed by atoms with Crippen LogP contribution in [0.1, 0.15) is 59.4 Å². The molecule has 158 valence electrons. The minimum Gasteiger partial charge on any atom is -0.481 e. The lowest BCUT2D eigenvalue weighted by Crippen LogP contribution is -2.41. The quantitative estimate of drug-likeness (QED) is 0.800. The first kappa shape index (κ1) is 25.6. The van der Waals surface area contributed by atoms with Crippen LogP contribution in [0.3, 0.4) is 0 Å². The third-order valence-electron chi connectivity index (χ3n) is 4.26. The number of benzene rings is 1. The van der Waals surface area contributed by atoms with Crippen LogP contribution in [0, 0.1) is 11.8 Å². The summed E-state index contributed by atoms with van der Waals surface area (Å²) in [5.74, 6) is -0.920. The van der Waals surface area contributed by atoms with E-state index in [1.807, 2.05) is 58.0 Å². The van der Waals surface area contributed by atoms with Gasteiger partial charge in [0.1, 0.15) is 0 Å². The summed E-state index contributed by atoms with van der Waals surface area (Å²) in [5.41, 5.74) is 1.14. The number of hydrogen-bond donors (Lipinski definition) is 2. The summed E-state index contributed by atoms with van der Waals surface area (Å²) in [4.78, 5) is 34.8. The van der Waals surface area contributed by atoms with Crippen molar-refractivity contribution in [3.63, 3.8) is 0 Å². The molecule has 1 aromatic carbocycles. The first-order valence-electron chi connectivity index (χ1n) is 10.2. The second kappa shape index (κ2) is 14.7. The molecule has 28 heavy (non-hydrogen) atoms. The van der Waals surface area contributed by atoms with Crippen LogP contribution in [0.5, 0.6) is 0 Å². The zero-order valence-corrected chi connectivity index (χ0v) is 17.9. The number of amides is 2. The standard InChI is InChI=1S/C11H15NO.C9H15NO3.C2H6/c1-9(2)11(13)12-8-10-6-4-3-5-7-10;1-2-8(11)10-5-3-4-7(6-10)9(12)13;1-2/h3-7,9H,8H2,1-2H3,(H,12,13);7H,2-6H2,1H3,(H,12,13);1-2H3.